The summed E-state index contributed by atoms with van der Waals surface area (Å²) in [6.45, 7) is 11.1. The molecule has 1 amide bonds. The van der Waals surface area contributed by atoms with Crippen LogP contribution in [0.3, 0.4) is 0 Å². The number of hydrogen-bond donors (Lipinski definition) is 2. The number of ether oxygens (including phenoxy) is 1. The van der Waals surface area contributed by atoms with E-state index in [1.54, 1.807) is 0 Å². The Morgan fingerprint density at radius 2 is 2.00 bits per heavy atom. The first-order valence-electron chi connectivity index (χ1n) is 6.96. The molecule has 3 N–H and O–H groups in total. The van der Waals surface area contributed by atoms with E-state index in [0.29, 0.717) is 38.6 Å². The lowest BCUT2D eigenvalue weighted by atomic mass is 9.76. The first kappa shape index (κ1) is 17.4. The minimum atomic E-state index is 0.112. The summed E-state index contributed by atoms with van der Waals surface area (Å²) in [5.41, 5.74) is 5.84. The van der Waals surface area contributed by atoms with E-state index >= 15 is 0 Å². The molecule has 0 heterocycles. The highest BCUT2D eigenvalue weighted by Crippen LogP contribution is 2.31. The maximum atomic E-state index is 11.6. The predicted octanol–water partition coefficient (Wildman–Crippen LogP) is 1.93. The Morgan fingerprint density at radius 3 is 2.50 bits per heavy atom. The summed E-state index contributed by atoms with van der Waals surface area (Å²) in [5.74, 6) is 0.612. The van der Waals surface area contributed by atoms with Gasteiger partial charge in [0.1, 0.15) is 0 Å². The van der Waals surface area contributed by atoms with Gasteiger partial charge in [-0.1, -0.05) is 20.8 Å². The molecule has 0 aliphatic heterocycles. The van der Waals surface area contributed by atoms with Gasteiger partial charge in [-0.05, 0) is 37.6 Å². The minimum absolute atomic E-state index is 0.112. The summed E-state index contributed by atoms with van der Waals surface area (Å²) < 4.78 is 5.17. The van der Waals surface area contributed by atoms with Gasteiger partial charge in [0.15, 0.2) is 0 Å². The summed E-state index contributed by atoms with van der Waals surface area (Å²) in [6.07, 6.45) is 2.46. The molecule has 0 saturated heterocycles. The van der Waals surface area contributed by atoms with Crippen molar-refractivity contribution in [3.05, 3.63) is 0 Å². The fourth-order valence-electron chi connectivity index (χ4n) is 2.01. The summed E-state index contributed by atoms with van der Waals surface area (Å²) in [4.78, 5) is 11.6. The number of hydrogen-bond acceptors (Lipinski definition) is 3. The zero-order valence-corrected chi connectivity index (χ0v) is 12.4. The van der Waals surface area contributed by atoms with Crippen LogP contribution in [0.2, 0.25) is 0 Å². The maximum absolute atomic E-state index is 11.6. The highest BCUT2D eigenvalue weighted by atomic mass is 16.5. The molecule has 0 spiro atoms. The van der Waals surface area contributed by atoms with Crippen LogP contribution in [0.5, 0.6) is 0 Å². The number of carbonyl (C=O) groups is 1. The van der Waals surface area contributed by atoms with E-state index in [-0.39, 0.29) is 11.3 Å². The van der Waals surface area contributed by atoms with E-state index in [4.69, 9.17) is 10.5 Å². The van der Waals surface area contributed by atoms with Crippen molar-refractivity contribution in [1.82, 2.24) is 5.32 Å². The van der Waals surface area contributed by atoms with Crippen molar-refractivity contribution in [3.63, 3.8) is 0 Å². The number of nitrogens with two attached hydrogens (primary N) is 1. The highest BCUT2D eigenvalue weighted by molar-refractivity contribution is 5.75. The first-order chi connectivity index (χ1) is 8.41. The Hall–Kier alpha value is -0.610. The van der Waals surface area contributed by atoms with Gasteiger partial charge in [0.05, 0.1) is 6.61 Å². The summed E-state index contributed by atoms with van der Waals surface area (Å²) in [5, 5.41) is 2.87. The topological polar surface area (TPSA) is 64.3 Å². The lowest BCUT2D eigenvalue weighted by Gasteiger charge is -2.30. The zero-order valence-electron chi connectivity index (χ0n) is 12.4. The van der Waals surface area contributed by atoms with E-state index in [0.717, 1.165) is 12.8 Å². The largest absolute Gasteiger partial charge is 0.380 e. The van der Waals surface area contributed by atoms with E-state index in [9.17, 15) is 4.79 Å². The summed E-state index contributed by atoms with van der Waals surface area (Å²) in [6, 6.07) is 0. The van der Waals surface area contributed by atoms with Crippen LogP contribution in [-0.4, -0.2) is 32.2 Å². The van der Waals surface area contributed by atoms with E-state index in [2.05, 4.69) is 26.1 Å². The van der Waals surface area contributed by atoms with Crippen LogP contribution in [0.4, 0.5) is 0 Å². The third kappa shape index (κ3) is 8.48. The second-order valence-electron chi connectivity index (χ2n) is 5.73. The van der Waals surface area contributed by atoms with Crippen LogP contribution in [0.15, 0.2) is 0 Å². The van der Waals surface area contributed by atoms with Gasteiger partial charge in [-0.3, -0.25) is 4.79 Å². The zero-order chi connectivity index (χ0) is 14.0. The number of nitrogens with one attached hydrogen (secondary N) is 1. The quantitative estimate of drug-likeness (QED) is 0.621. The van der Waals surface area contributed by atoms with Crippen LogP contribution in [0.25, 0.3) is 0 Å². The van der Waals surface area contributed by atoms with Crippen molar-refractivity contribution in [2.75, 3.05) is 26.3 Å². The van der Waals surface area contributed by atoms with Crippen molar-refractivity contribution >= 4 is 5.91 Å². The Kier molecular flexibility index (Phi) is 9.02. The normalized spacial score (nSPS) is 13.4. The molecule has 0 aliphatic rings. The van der Waals surface area contributed by atoms with Crippen molar-refractivity contribution in [1.29, 1.82) is 0 Å². The third-order valence-corrected chi connectivity index (χ3v) is 3.23. The SMILES string of the molecule is CCOCCNC(=O)CCC(CCN)C(C)(C)C. The molecule has 108 valence electrons. The van der Waals surface area contributed by atoms with E-state index in [1.165, 1.54) is 0 Å². The van der Waals surface area contributed by atoms with E-state index < -0.39 is 0 Å². The molecular formula is C14H30N2O2. The lowest BCUT2D eigenvalue weighted by molar-refractivity contribution is -0.121. The second kappa shape index (κ2) is 9.34. The molecule has 1 atom stereocenters. The van der Waals surface area contributed by atoms with Gasteiger partial charge in [-0.25, -0.2) is 0 Å². The van der Waals surface area contributed by atoms with Crippen molar-refractivity contribution < 1.29 is 9.53 Å². The van der Waals surface area contributed by atoms with Crippen LogP contribution in [-0.2, 0) is 9.53 Å². The Morgan fingerprint density at radius 1 is 1.33 bits per heavy atom. The first-order valence-corrected chi connectivity index (χ1v) is 6.96. The van der Waals surface area contributed by atoms with Gasteiger partial charge in [0.25, 0.3) is 0 Å². The molecular weight excluding hydrogens is 228 g/mol. The molecule has 0 fully saturated rings. The van der Waals surface area contributed by atoms with Crippen molar-refractivity contribution in [3.8, 4) is 0 Å². The molecule has 1 unspecified atom stereocenters. The number of carbonyl (C=O) groups excluding carboxylic acids is 1. The smallest absolute Gasteiger partial charge is 0.220 e. The maximum Gasteiger partial charge on any atom is 0.220 e. The molecule has 0 aromatic heterocycles. The van der Waals surface area contributed by atoms with Crippen LogP contribution in [0, 0.1) is 11.3 Å². The lowest BCUT2D eigenvalue weighted by Crippen LogP contribution is -2.29. The fraction of sp³-hybridized carbons (Fsp3) is 0.929. The monoisotopic (exact) mass is 258 g/mol. The average Bonchev–Trinajstić information content (AvgIpc) is 2.28. The molecule has 0 radical (unpaired) electrons. The second-order valence-corrected chi connectivity index (χ2v) is 5.73. The van der Waals surface area contributed by atoms with Gasteiger partial charge in [-0.2, -0.15) is 0 Å². The van der Waals surface area contributed by atoms with Gasteiger partial charge >= 0.3 is 0 Å². The summed E-state index contributed by atoms with van der Waals surface area (Å²) >= 11 is 0. The van der Waals surface area contributed by atoms with Gasteiger partial charge in [-0.15, -0.1) is 0 Å². The summed E-state index contributed by atoms with van der Waals surface area (Å²) in [7, 11) is 0. The predicted molar refractivity (Wildman–Crippen MR) is 75.4 cm³/mol. The van der Waals surface area contributed by atoms with Crippen LogP contribution < -0.4 is 11.1 Å². The van der Waals surface area contributed by atoms with Gasteiger partial charge in [0, 0.05) is 19.6 Å². The molecule has 0 rings (SSSR count). The number of rotatable bonds is 9. The molecule has 0 saturated carbocycles. The Labute approximate surface area is 112 Å². The number of amides is 1. The van der Waals surface area contributed by atoms with Crippen LogP contribution >= 0.6 is 0 Å². The standard InChI is InChI=1S/C14H30N2O2/c1-5-18-11-10-16-13(17)7-6-12(8-9-15)14(2,3)4/h12H,5-11,15H2,1-4H3,(H,16,17). The molecule has 4 heteroatoms. The van der Waals surface area contributed by atoms with Crippen molar-refractivity contribution in [2.24, 2.45) is 17.1 Å². The Balaban J connectivity index is 3.86. The molecule has 0 aromatic rings. The fourth-order valence-corrected chi connectivity index (χ4v) is 2.01. The Bertz CT molecular complexity index is 224. The van der Waals surface area contributed by atoms with Gasteiger partial charge in [0.2, 0.25) is 5.91 Å². The van der Waals surface area contributed by atoms with Gasteiger partial charge < -0.3 is 15.8 Å². The molecule has 0 aliphatic carbocycles. The third-order valence-electron chi connectivity index (χ3n) is 3.23. The average molecular weight is 258 g/mol. The molecule has 0 bridgehead atoms. The minimum Gasteiger partial charge on any atom is -0.380 e. The van der Waals surface area contributed by atoms with Crippen LogP contribution in [0.1, 0.15) is 47.0 Å². The highest BCUT2D eigenvalue weighted by Gasteiger charge is 2.24. The molecule has 18 heavy (non-hydrogen) atoms. The van der Waals surface area contributed by atoms with E-state index in [1.807, 2.05) is 6.92 Å². The molecule has 4 nitrogen and oxygen atoms in total. The van der Waals surface area contributed by atoms with Crippen molar-refractivity contribution in [2.45, 2.75) is 47.0 Å². The molecule has 0 aromatic carbocycles.